The van der Waals surface area contributed by atoms with Gasteiger partial charge in [-0.3, -0.25) is 9.59 Å². The second kappa shape index (κ2) is 7.04. The summed E-state index contributed by atoms with van der Waals surface area (Å²) in [6, 6.07) is -0.187. The van der Waals surface area contributed by atoms with Gasteiger partial charge in [0.25, 0.3) is 5.56 Å². The smallest absolute Gasteiger partial charge is 0.269 e. The number of carbonyl (C=O) groups is 1. The summed E-state index contributed by atoms with van der Waals surface area (Å²) in [5, 5.41) is 9.24. The molecule has 1 amide bonds. The first-order chi connectivity index (χ1) is 8.99. The number of nitrogens with zero attached hydrogens (tertiary/aromatic N) is 1. The van der Waals surface area contributed by atoms with Gasteiger partial charge in [0.1, 0.15) is 0 Å². The molecule has 0 aliphatic heterocycles. The highest BCUT2D eigenvalue weighted by Crippen LogP contribution is 2.09. The molecule has 0 fully saturated rings. The van der Waals surface area contributed by atoms with Gasteiger partial charge in [-0.2, -0.15) is 5.10 Å². The van der Waals surface area contributed by atoms with Crippen LogP contribution in [0.15, 0.2) is 4.79 Å². The van der Waals surface area contributed by atoms with E-state index in [-0.39, 0.29) is 30.5 Å². The molecule has 0 aromatic carbocycles. The second-order valence-corrected chi connectivity index (χ2v) is 4.62. The average Bonchev–Trinajstić information content (AvgIpc) is 2.35. The van der Waals surface area contributed by atoms with Crippen LogP contribution in [0.1, 0.15) is 44.0 Å². The van der Waals surface area contributed by atoms with Crippen LogP contribution >= 0.6 is 0 Å². The van der Waals surface area contributed by atoms with Crippen LogP contribution in [-0.4, -0.2) is 22.1 Å². The molecule has 1 heterocycles. The number of nitrogens with two attached hydrogens (primary N) is 1. The van der Waals surface area contributed by atoms with E-state index < -0.39 is 0 Å². The Morgan fingerprint density at radius 2 is 2.05 bits per heavy atom. The first kappa shape index (κ1) is 15.4. The fourth-order valence-corrected chi connectivity index (χ4v) is 2.01. The molecule has 106 valence electrons. The fourth-order valence-electron chi connectivity index (χ4n) is 2.01. The SMILES string of the molecule is CCc1n[nH]c(=O)c(CNC(=O)CC(C)N)c1CC. The lowest BCUT2D eigenvalue weighted by atomic mass is 10.0. The van der Waals surface area contributed by atoms with Crippen LogP contribution in [-0.2, 0) is 24.2 Å². The van der Waals surface area contributed by atoms with Crippen LogP contribution in [0.5, 0.6) is 0 Å². The van der Waals surface area contributed by atoms with E-state index >= 15 is 0 Å². The van der Waals surface area contributed by atoms with Gasteiger partial charge in [0.15, 0.2) is 0 Å². The maximum atomic E-state index is 11.8. The van der Waals surface area contributed by atoms with Gasteiger partial charge in [-0.1, -0.05) is 13.8 Å². The molecule has 6 heteroatoms. The Kier molecular flexibility index (Phi) is 5.69. The van der Waals surface area contributed by atoms with E-state index in [1.807, 2.05) is 13.8 Å². The minimum atomic E-state index is -0.241. The highest BCUT2D eigenvalue weighted by atomic mass is 16.1. The summed E-state index contributed by atoms with van der Waals surface area (Å²) in [7, 11) is 0. The topological polar surface area (TPSA) is 101 Å². The Morgan fingerprint density at radius 3 is 2.58 bits per heavy atom. The van der Waals surface area contributed by atoms with Gasteiger partial charge in [-0.15, -0.1) is 0 Å². The molecule has 6 nitrogen and oxygen atoms in total. The van der Waals surface area contributed by atoms with Gasteiger partial charge in [-0.05, 0) is 25.3 Å². The third kappa shape index (κ3) is 4.17. The van der Waals surface area contributed by atoms with Crippen molar-refractivity contribution in [3.05, 3.63) is 27.2 Å². The quantitative estimate of drug-likeness (QED) is 0.687. The van der Waals surface area contributed by atoms with Gasteiger partial charge < -0.3 is 11.1 Å². The van der Waals surface area contributed by atoms with E-state index in [1.165, 1.54) is 0 Å². The molecule has 1 aromatic heterocycles. The number of hydrogen-bond donors (Lipinski definition) is 3. The minimum Gasteiger partial charge on any atom is -0.352 e. The van der Waals surface area contributed by atoms with E-state index in [1.54, 1.807) is 6.92 Å². The number of hydrogen-bond acceptors (Lipinski definition) is 4. The lowest BCUT2D eigenvalue weighted by Gasteiger charge is -2.12. The van der Waals surface area contributed by atoms with Crippen LogP contribution in [0.4, 0.5) is 0 Å². The van der Waals surface area contributed by atoms with Crippen molar-refractivity contribution in [3.63, 3.8) is 0 Å². The van der Waals surface area contributed by atoms with Crippen molar-refractivity contribution in [1.82, 2.24) is 15.5 Å². The predicted octanol–water partition coefficient (Wildman–Crippen LogP) is 0.248. The number of aromatic nitrogens is 2. The van der Waals surface area contributed by atoms with E-state index in [9.17, 15) is 9.59 Å². The van der Waals surface area contributed by atoms with Crippen molar-refractivity contribution >= 4 is 5.91 Å². The third-order valence-corrected chi connectivity index (χ3v) is 2.94. The molecule has 0 saturated heterocycles. The monoisotopic (exact) mass is 266 g/mol. The standard InChI is InChI=1S/C13H22N4O2/c1-4-9-10(7-15-12(18)6-8(3)14)13(19)17-16-11(9)5-2/h8H,4-7,14H2,1-3H3,(H,15,18)(H,17,19). The minimum absolute atomic E-state index is 0.147. The number of H-pyrrole nitrogens is 1. The molecule has 4 N–H and O–H groups in total. The Balaban J connectivity index is 2.88. The third-order valence-electron chi connectivity index (χ3n) is 2.94. The molecule has 0 radical (unpaired) electrons. The Hall–Kier alpha value is -1.69. The van der Waals surface area contributed by atoms with Gasteiger partial charge in [0.2, 0.25) is 5.91 Å². The van der Waals surface area contributed by atoms with E-state index in [2.05, 4.69) is 15.5 Å². The molecule has 0 aliphatic rings. The van der Waals surface area contributed by atoms with Crippen LogP contribution in [0.25, 0.3) is 0 Å². The molecule has 0 bridgehead atoms. The molecule has 0 aliphatic carbocycles. The molecule has 1 rings (SSSR count). The summed E-state index contributed by atoms with van der Waals surface area (Å²) < 4.78 is 0. The molecule has 1 unspecified atom stereocenters. The average molecular weight is 266 g/mol. The molecule has 0 spiro atoms. The number of carbonyl (C=O) groups excluding carboxylic acids is 1. The van der Waals surface area contributed by atoms with Crippen molar-refractivity contribution < 1.29 is 4.79 Å². The highest BCUT2D eigenvalue weighted by molar-refractivity contribution is 5.76. The molecule has 19 heavy (non-hydrogen) atoms. The molecular weight excluding hydrogens is 244 g/mol. The second-order valence-electron chi connectivity index (χ2n) is 4.62. The fraction of sp³-hybridized carbons (Fsp3) is 0.615. The number of amides is 1. The van der Waals surface area contributed by atoms with Crippen molar-refractivity contribution in [2.45, 2.75) is 52.6 Å². The predicted molar refractivity (Wildman–Crippen MR) is 73.7 cm³/mol. The van der Waals surface area contributed by atoms with Gasteiger partial charge >= 0.3 is 0 Å². The zero-order valence-corrected chi connectivity index (χ0v) is 11.7. The zero-order chi connectivity index (χ0) is 14.4. The van der Waals surface area contributed by atoms with E-state index in [4.69, 9.17) is 5.73 Å². The number of rotatable bonds is 6. The van der Waals surface area contributed by atoms with Crippen molar-refractivity contribution in [3.8, 4) is 0 Å². The summed E-state index contributed by atoms with van der Waals surface area (Å²) in [5.74, 6) is -0.147. The largest absolute Gasteiger partial charge is 0.352 e. The first-order valence-electron chi connectivity index (χ1n) is 6.61. The normalized spacial score (nSPS) is 12.2. The maximum Gasteiger partial charge on any atom is 0.269 e. The number of aromatic amines is 1. The van der Waals surface area contributed by atoms with Gasteiger partial charge in [0.05, 0.1) is 5.69 Å². The van der Waals surface area contributed by atoms with Crippen LogP contribution in [0.2, 0.25) is 0 Å². The maximum absolute atomic E-state index is 11.8. The van der Waals surface area contributed by atoms with Crippen molar-refractivity contribution in [1.29, 1.82) is 0 Å². The summed E-state index contributed by atoms with van der Waals surface area (Å²) >= 11 is 0. The summed E-state index contributed by atoms with van der Waals surface area (Å²) in [6.45, 7) is 5.95. The number of aryl methyl sites for hydroxylation is 1. The zero-order valence-electron chi connectivity index (χ0n) is 11.7. The summed E-state index contributed by atoms with van der Waals surface area (Å²) in [5.41, 5.74) is 7.70. The first-order valence-corrected chi connectivity index (χ1v) is 6.61. The Labute approximate surface area is 112 Å². The van der Waals surface area contributed by atoms with E-state index in [0.717, 1.165) is 24.1 Å². The van der Waals surface area contributed by atoms with Crippen molar-refractivity contribution in [2.75, 3.05) is 0 Å². The highest BCUT2D eigenvalue weighted by Gasteiger charge is 2.13. The van der Waals surface area contributed by atoms with Crippen LogP contribution < -0.4 is 16.6 Å². The molecular formula is C13H22N4O2. The van der Waals surface area contributed by atoms with Crippen LogP contribution in [0, 0.1) is 0 Å². The molecule has 1 aromatic rings. The van der Waals surface area contributed by atoms with Gasteiger partial charge in [0, 0.05) is 24.6 Å². The van der Waals surface area contributed by atoms with E-state index in [0.29, 0.717) is 5.56 Å². The lowest BCUT2D eigenvalue weighted by molar-refractivity contribution is -0.121. The van der Waals surface area contributed by atoms with Crippen molar-refractivity contribution in [2.24, 2.45) is 5.73 Å². The van der Waals surface area contributed by atoms with Gasteiger partial charge in [-0.25, -0.2) is 5.10 Å². The molecule has 0 saturated carbocycles. The molecule has 1 atom stereocenters. The Bertz CT molecular complexity index is 494. The Morgan fingerprint density at radius 1 is 1.37 bits per heavy atom. The summed E-state index contributed by atoms with van der Waals surface area (Å²) in [4.78, 5) is 23.4. The lowest BCUT2D eigenvalue weighted by Crippen LogP contribution is -2.32. The summed E-state index contributed by atoms with van der Waals surface area (Å²) in [6.07, 6.45) is 1.73. The number of nitrogens with one attached hydrogen (secondary N) is 2. The van der Waals surface area contributed by atoms with Crippen LogP contribution in [0.3, 0.4) is 0 Å².